The molecule has 0 fully saturated rings. The Labute approximate surface area is 112 Å². The summed E-state index contributed by atoms with van der Waals surface area (Å²) >= 11 is 1.61. The number of aryl methyl sites for hydroxylation is 1. The molecule has 0 aliphatic carbocycles. The van der Waals surface area contributed by atoms with Crippen LogP contribution in [0, 0.1) is 0 Å². The first-order chi connectivity index (χ1) is 8.49. The zero-order chi connectivity index (χ0) is 13.7. The minimum absolute atomic E-state index is 0.0466. The molecule has 0 aromatic carbocycles. The number of urea groups is 1. The van der Waals surface area contributed by atoms with Gasteiger partial charge in [0.15, 0.2) is 0 Å². The highest BCUT2D eigenvalue weighted by molar-refractivity contribution is 7.09. The van der Waals surface area contributed by atoms with E-state index in [0.717, 1.165) is 17.1 Å². The molecule has 6 heteroatoms. The van der Waals surface area contributed by atoms with Crippen molar-refractivity contribution in [2.45, 2.75) is 39.3 Å². The van der Waals surface area contributed by atoms with Crippen LogP contribution < -0.4 is 5.32 Å². The highest BCUT2D eigenvalue weighted by Crippen LogP contribution is 2.17. The third-order valence-corrected chi connectivity index (χ3v) is 3.91. The fraction of sp³-hybridized carbons (Fsp3) is 0.667. The molecule has 102 valence electrons. The molecule has 0 saturated heterocycles. The molecule has 0 aliphatic rings. The van der Waals surface area contributed by atoms with Crippen LogP contribution in [0.3, 0.4) is 0 Å². The van der Waals surface area contributed by atoms with E-state index in [4.69, 9.17) is 5.11 Å². The van der Waals surface area contributed by atoms with E-state index in [1.165, 1.54) is 4.90 Å². The summed E-state index contributed by atoms with van der Waals surface area (Å²) < 4.78 is 0. The van der Waals surface area contributed by atoms with E-state index in [2.05, 4.69) is 17.2 Å². The van der Waals surface area contributed by atoms with Gasteiger partial charge in [-0.05, 0) is 20.3 Å². The first-order valence-corrected chi connectivity index (χ1v) is 6.96. The van der Waals surface area contributed by atoms with Gasteiger partial charge in [-0.3, -0.25) is 0 Å². The van der Waals surface area contributed by atoms with Crippen molar-refractivity contribution in [1.82, 2.24) is 15.2 Å². The second kappa shape index (κ2) is 6.70. The van der Waals surface area contributed by atoms with Gasteiger partial charge in [0, 0.05) is 12.4 Å². The van der Waals surface area contributed by atoms with Gasteiger partial charge in [0.1, 0.15) is 0 Å². The third-order valence-electron chi connectivity index (χ3n) is 2.90. The van der Waals surface area contributed by atoms with Crippen LogP contribution in [0.5, 0.6) is 0 Å². The molecule has 1 aromatic heterocycles. The number of aliphatic hydroxyl groups is 1. The Bertz CT molecular complexity index is 394. The smallest absolute Gasteiger partial charge is 0.317 e. The van der Waals surface area contributed by atoms with Crippen molar-refractivity contribution < 1.29 is 9.90 Å². The van der Waals surface area contributed by atoms with Crippen molar-refractivity contribution >= 4 is 17.4 Å². The van der Waals surface area contributed by atoms with E-state index in [1.54, 1.807) is 25.3 Å². The standard InChI is InChI=1S/C12H21N3O2S/c1-5-11-14-10(7-18-11)9(3)13-12(17)15(4)8(2)6-16/h7-9,16H,5-6H2,1-4H3,(H,13,17). The predicted molar refractivity (Wildman–Crippen MR) is 72.7 cm³/mol. The molecule has 5 nitrogen and oxygen atoms in total. The molecular formula is C12H21N3O2S. The van der Waals surface area contributed by atoms with Crippen LogP contribution in [0.4, 0.5) is 4.79 Å². The lowest BCUT2D eigenvalue weighted by atomic mass is 10.2. The summed E-state index contributed by atoms with van der Waals surface area (Å²) in [7, 11) is 1.67. The lowest BCUT2D eigenvalue weighted by Gasteiger charge is -2.25. The van der Waals surface area contributed by atoms with Gasteiger partial charge < -0.3 is 15.3 Å². The van der Waals surface area contributed by atoms with Crippen molar-refractivity contribution in [2.24, 2.45) is 0 Å². The number of hydrogen-bond donors (Lipinski definition) is 2. The van der Waals surface area contributed by atoms with Crippen LogP contribution in [0.15, 0.2) is 5.38 Å². The first kappa shape index (κ1) is 14.9. The second-order valence-corrected chi connectivity index (χ2v) is 5.28. The van der Waals surface area contributed by atoms with E-state index >= 15 is 0 Å². The van der Waals surface area contributed by atoms with Crippen molar-refractivity contribution in [1.29, 1.82) is 0 Å². The van der Waals surface area contributed by atoms with E-state index < -0.39 is 0 Å². The van der Waals surface area contributed by atoms with Gasteiger partial charge in [0.25, 0.3) is 0 Å². The maximum atomic E-state index is 11.9. The zero-order valence-electron chi connectivity index (χ0n) is 11.3. The SMILES string of the molecule is CCc1nc(C(C)NC(=O)N(C)C(C)CO)cs1. The lowest BCUT2D eigenvalue weighted by molar-refractivity contribution is 0.155. The number of likely N-dealkylation sites (N-methyl/N-ethyl adjacent to an activating group) is 1. The number of thiazole rings is 1. The summed E-state index contributed by atoms with van der Waals surface area (Å²) in [4.78, 5) is 17.8. The average molecular weight is 271 g/mol. The van der Waals surface area contributed by atoms with Gasteiger partial charge in [0.05, 0.1) is 29.4 Å². The van der Waals surface area contributed by atoms with Crippen LogP contribution in [-0.2, 0) is 6.42 Å². The van der Waals surface area contributed by atoms with Crippen molar-refractivity contribution in [2.75, 3.05) is 13.7 Å². The third kappa shape index (κ3) is 3.68. The maximum absolute atomic E-state index is 11.9. The number of rotatable bonds is 5. The number of carbonyl (C=O) groups is 1. The topological polar surface area (TPSA) is 65.5 Å². The zero-order valence-corrected chi connectivity index (χ0v) is 12.1. The molecule has 18 heavy (non-hydrogen) atoms. The summed E-state index contributed by atoms with van der Waals surface area (Å²) in [5.74, 6) is 0. The summed E-state index contributed by atoms with van der Waals surface area (Å²) in [5, 5.41) is 14.9. The van der Waals surface area contributed by atoms with Crippen molar-refractivity contribution in [3.05, 3.63) is 16.1 Å². The monoisotopic (exact) mass is 271 g/mol. The van der Waals surface area contributed by atoms with E-state index in [1.807, 2.05) is 12.3 Å². The molecule has 2 unspecified atom stereocenters. The highest BCUT2D eigenvalue weighted by Gasteiger charge is 2.18. The largest absolute Gasteiger partial charge is 0.394 e. The molecule has 0 saturated carbocycles. The molecule has 0 spiro atoms. The Hall–Kier alpha value is -1.14. The maximum Gasteiger partial charge on any atom is 0.317 e. The predicted octanol–water partition coefficient (Wildman–Crippen LogP) is 1.79. The summed E-state index contributed by atoms with van der Waals surface area (Å²) in [5.41, 5.74) is 0.884. The number of nitrogens with zero attached hydrogens (tertiary/aromatic N) is 2. The van der Waals surface area contributed by atoms with E-state index in [-0.39, 0.29) is 24.7 Å². The number of hydrogen-bond acceptors (Lipinski definition) is 4. The minimum Gasteiger partial charge on any atom is -0.394 e. The molecule has 2 N–H and O–H groups in total. The number of nitrogens with one attached hydrogen (secondary N) is 1. The number of carbonyl (C=O) groups excluding carboxylic acids is 1. The van der Waals surface area contributed by atoms with Gasteiger partial charge in [-0.2, -0.15) is 0 Å². The average Bonchev–Trinajstić information content (AvgIpc) is 2.85. The van der Waals surface area contributed by atoms with Crippen LogP contribution in [0.2, 0.25) is 0 Å². The Morgan fingerprint density at radius 1 is 1.61 bits per heavy atom. The van der Waals surface area contributed by atoms with Crippen molar-refractivity contribution in [3.63, 3.8) is 0 Å². The Balaban J connectivity index is 2.58. The number of amides is 2. The van der Waals surface area contributed by atoms with E-state index in [9.17, 15) is 4.79 Å². The molecule has 1 rings (SSSR count). The lowest BCUT2D eigenvalue weighted by Crippen LogP contribution is -2.44. The number of aliphatic hydroxyl groups excluding tert-OH is 1. The van der Waals surface area contributed by atoms with Crippen molar-refractivity contribution in [3.8, 4) is 0 Å². The quantitative estimate of drug-likeness (QED) is 0.858. The highest BCUT2D eigenvalue weighted by atomic mass is 32.1. The van der Waals surface area contributed by atoms with Gasteiger partial charge >= 0.3 is 6.03 Å². The molecule has 2 atom stereocenters. The molecule has 0 bridgehead atoms. The van der Waals surface area contributed by atoms with Crippen LogP contribution in [0.25, 0.3) is 0 Å². The fourth-order valence-corrected chi connectivity index (χ4v) is 2.21. The Morgan fingerprint density at radius 3 is 2.78 bits per heavy atom. The first-order valence-electron chi connectivity index (χ1n) is 6.08. The van der Waals surface area contributed by atoms with Gasteiger partial charge in [0.2, 0.25) is 0 Å². The fourth-order valence-electron chi connectivity index (χ4n) is 1.37. The summed E-state index contributed by atoms with van der Waals surface area (Å²) in [6.45, 7) is 5.71. The molecule has 2 amide bonds. The van der Waals surface area contributed by atoms with Crippen LogP contribution in [0.1, 0.15) is 37.5 Å². The van der Waals surface area contributed by atoms with Gasteiger partial charge in [-0.15, -0.1) is 11.3 Å². The van der Waals surface area contributed by atoms with Crippen LogP contribution in [-0.4, -0.2) is 40.7 Å². The molecule has 0 radical (unpaired) electrons. The van der Waals surface area contributed by atoms with Gasteiger partial charge in [-0.25, -0.2) is 9.78 Å². The van der Waals surface area contributed by atoms with Crippen LogP contribution >= 0.6 is 11.3 Å². The van der Waals surface area contributed by atoms with Gasteiger partial charge in [-0.1, -0.05) is 6.92 Å². The summed E-state index contributed by atoms with van der Waals surface area (Å²) in [6, 6.07) is -0.517. The molecular weight excluding hydrogens is 250 g/mol. The normalized spacial score (nSPS) is 14.1. The summed E-state index contributed by atoms with van der Waals surface area (Å²) in [6.07, 6.45) is 0.910. The molecule has 1 aromatic rings. The molecule has 1 heterocycles. The van der Waals surface area contributed by atoms with E-state index in [0.29, 0.717) is 0 Å². The minimum atomic E-state index is -0.199. The Kier molecular flexibility index (Phi) is 5.55. The number of aromatic nitrogens is 1. The molecule has 0 aliphatic heterocycles. The second-order valence-electron chi connectivity index (χ2n) is 4.33. The Morgan fingerprint density at radius 2 is 2.28 bits per heavy atom.